The van der Waals surface area contributed by atoms with Crippen LogP contribution in [-0.2, 0) is 0 Å². The summed E-state index contributed by atoms with van der Waals surface area (Å²) in [6.45, 7) is 8.73. The highest BCUT2D eigenvalue weighted by Gasteiger charge is 2.05. The second-order valence-electron chi connectivity index (χ2n) is 5.26. The van der Waals surface area contributed by atoms with Crippen LogP contribution in [0.15, 0.2) is 48.5 Å². The van der Waals surface area contributed by atoms with Gasteiger partial charge >= 0.3 is 6.03 Å². The Morgan fingerprint density at radius 3 is 1.83 bits per heavy atom. The van der Waals surface area contributed by atoms with Crippen LogP contribution in [0.3, 0.4) is 0 Å². The lowest BCUT2D eigenvalue weighted by Gasteiger charge is -2.21. The third kappa shape index (κ3) is 4.91. The summed E-state index contributed by atoms with van der Waals surface area (Å²) in [6, 6.07) is 14.9. The van der Waals surface area contributed by atoms with Crippen molar-refractivity contribution in [2.75, 3.05) is 35.2 Å². The number of carbonyl (C=O) groups excluding carboxylic acids is 1. The number of nitrogens with zero attached hydrogens (tertiary/aromatic N) is 1. The van der Waals surface area contributed by atoms with Crippen molar-refractivity contribution in [3.05, 3.63) is 48.5 Å². The van der Waals surface area contributed by atoms with Crippen molar-refractivity contribution < 1.29 is 9.53 Å². The lowest BCUT2D eigenvalue weighted by Crippen LogP contribution is -2.22. The molecule has 2 aromatic rings. The largest absolute Gasteiger partial charge is 0.494 e. The third-order valence-electron chi connectivity index (χ3n) is 3.68. The number of benzene rings is 2. The van der Waals surface area contributed by atoms with E-state index in [0.29, 0.717) is 6.61 Å². The molecule has 0 aromatic heterocycles. The van der Waals surface area contributed by atoms with Gasteiger partial charge in [-0.05, 0) is 69.3 Å². The highest BCUT2D eigenvalue weighted by molar-refractivity contribution is 5.99. The number of rotatable bonds is 7. The molecule has 0 atom stereocenters. The molecule has 0 unspecified atom stereocenters. The molecule has 0 fully saturated rings. The van der Waals surface area contributed by atoms with Crippen molar-refractivity contribution in [3.63, 3.8) is 0 Å². The summed E-state index contributed by atoms with van der Waals surface area (Å²) in [7, 11) is 0. The minimum Gasteiger partial charge on any atom is -0.494 e. The molecule has 0 heterocycles. The maximum absolute atomic E-state index is 12.1. The van der Waals surface area contributed by atoms with Crippen molar-refractivity contribution in [3.8, 4) is 5.75 Å². The predicted octanol–water partition coefficient (Wildman–Crippen LogP) is 4.58. The lowest BCUT2D eigenvalue weighted by atomic mass is 10.2. The molecule has 5 heteroatoms. The molecule has 2 N–H and O–H groups in total. The van der Waals surface area contributed by atoms with E-state index in [1.807, 2.05) is 55.5 Å². The van der Waals surface area contributed by atoms with E-state index in [1.165, 1.54) is 0 Å². The molecule has 128 valence electrons. The summed E-state index contributed by atoms with van der Waals surface area (Å²) in [5.74, 6) is 0.787. The molecule has 0 aliphatic rings. The standard InChI is InChI=1S/C19H25N3O2/c1-4-22(5-2)17-11-7-15(8-12-17)20-19(23)21-16-9-13-18(14-10-16)24-6-3/h7-14H,4-6H2,1-3H3,(H2,20,21,23). The predicted molar refractivity (Wildman–Crippen MR) is 100 cm³/mol. The van der Waals surface area contributed by atoms with Crippen molar-refractivity contribution in [1.82, 2.24) is 0 Å². The first-order chi connectivity index (χ1) is 11.7. The first-order valence-electron chi connectivity index (χ1n) is 8.32. The first kappa shape index (κ1) is 17.7. The molecule has 2 amide bonds. The van der Waals surface area contributed by atoms with Crippen molar-refractivity contribution in [2.45, 2.75) is 20.8 Å². The maximum Gasteiger partial charge on any atom is 0.323 e. The normalized spacial score (nSPS) is 10.1. The number of nitrogens with one attached hydrogen (secondary N) is 2. The minimum absolute atomic E-state index is 0.269. The van der Waals surface area contributed by atoms with E-state index in [0.717, 1.165) is 35.9 Å². The molecule has 0 aliphatic carbocycles. The summed E-state index contributed by atoms with van der Waals surface area (Å²) < 4.78 is 5.38. The summed E-state index contributed by atoms with van der Waals surface area (Å²) >= 11 is 0. The van der Waals surface area contributed by atoms with E-state index < -0.39 is 0 Å². The van der Waals surface area contributed by atoms with Gasteiger partial charge in [-0.1, -0.05) is 0 Å². The molecule has 2 rings (SSSR count). The zero-order valence-electron chi connectivity index (χ0n) is 14.5. The van der Waals surface area contributed by atoms with E-state index >= 15 is 0 Å². The van der Waals surface area contributed by atoms with Crippen LogP contribution in [0.4, 0.5) is 21.9 Å². The molecule has 0 bridgehead atoms. The van der Waals surface area contributed by atoms with Gasteiger partial charge in [-0.25, -0.2) is 4.79 Å². The van der Waals surface area contributed by atoms with Gasteiger partial charge in [-0.2, -0.15) is 0 Å². The second kappa shape index (κ2) is 8.82. The third-order valence-corrected chi connectivity index (χ3v) is 3.68. The molecular formula is C19H25N3O2. The number of hydrogen-bond donors (Lipinski definition) is 2. The van der Waals surface area contributed by atoms with Gasteiger partial charge in [-0.15, -0.1) is 0 Å². The molecular weight excluding hydrogens is 302 g/mol. The lowest BCUT2D eigenvalue weighted by molar-refractivity contribution is 0.262. The molecule has 0 radical (unpaired) electrons. The van der Waals surface area contributed by atoms with E-state index in [-0.39, 0.29) is 6.03 Å². The van der Waals surface area contributed by atoms with Gasteiger partial charge in [0.2, 0.25) is 0 Å². The number of anilines is 3. The van der Waals surface area contributed by atoms with Gasteiger partial charge in [0, 0.05) is 30.2 Å². The first-order valence-corrected chi connectivity index (χ1v) is 8.32. The Labute approximate surface area is 143 Å². The second-order valence-corrected chi connectivity index (χ2v) is 5.26. The Morgan fingerprint density at radius 1 is 0.875 bits per heavy atom. The molecule has 2 aromatic carbocycles. The fourth-order valence-corrected chi connectivity index (χ4v) is 2.44. The van der Waals surface area contributed by atoms with Gasteiger partial charge in [0.1, 0.15) is 5.75 Å². The summed E-state index contributed by atoms with van der Waals surface area (Å²) in [6.07, 6.45) is 0. The van der Waals surface area contributed by atoms with Crippen molar-refractivity contribution >= 4 is 23.1 Å². The molecule has 24 heavy (non-hydrogen) atoms. The van der Waals surface area contributed by atoms with Crippen molar-refractivity contribution in [2.24, 2.45) is 0 Å². The summed E-state index contributed by atoms with van der Waals surface area (Å²) in [4.78, 5) is 14.3. The fourth-order valence-electron chi connectivity index (χ4n) is 2.44. The molecule has 0 saturated heterocycles. The summed E-state index contributed by atoms with van der Waals surface area (Å²) in [5, 5.41) is 5.64. The zero-order valence-corrected chi connectivity index (χ0v) is 14.5. The van der Waals surface area contributed by atoms with Crippen LogP contribution in [-0.4, -0.2) is 25.7 Å². The van der Waals surface area contributed by atoms with Crippen LogP contribution < -0.4 is 20.3 Å². The van der Waals surface area contributed by atoms with Crippen LogP contribution in [0.5, 0.6) is 5.75 Å². The van der Waals surface area contributed by atoms with Gasteiger partial charge < -0.3 is 20.3 Å². The van der Waals surface area contributed by atoms with Crippen LogP contribution in [0.25, 0.3) is 0 Å². The number of urea groups is 1. The van der Waals surface area contributed by atoms with Crippen LogP contribution >= 0.6 is 0 Å². The molecule has 0 aliphatic heterocycles. The highest BCUT2D eigenvalue weighted by Crippen LogP contribution is 2.19. The Bertz CT molecular complexity index is 635. The van der Waals surface area contributed by atoms with Crippen LogP contribution in [0.1, 0.15) is 20.8 Å². The van der Waals surface area contributed by atoms with E-state index in [4.69, 9.17) is 4.74 Å². The molecule has 5 nitrogen and oxygen atoms in total. The van der Waals surface area contributed by atoms with E-state index in [9.17, 15) is 4.79 Å². The summed E-state index contributed by atoms with van der Waals surface area (Å²) in [5.41, 5.74) is 2.63. The fraction of sp³-hybridized carbons (Fsp3) is 0.316. The average molecular weight is 327 g/mol. The number of hydrogen-bond acceptors (Lipinski definition) is 3. The minimum atomic E-state index is -0.269. The number of ether oxygens (including phenoxy) is 1. The topological polar surface area (TPSA) is 53.6 Å². The number of amides is 2. The van der Waals surface area contributed by atoms with Crippen LogP contribution in [0, 0.1) is 0 Å². The quantitative estimate of drug-likeness (QED) is 0.783. The van der Waals surface area contributed by atoms with Gasteiger partial charge in [-0.3, -0.25) is 0 Å². The van der Waals surface area contributed by atoms with Gasteiger partial charge in [0.05, 0.1) is 6.61 Å². The van der Waals surface area contributed by atoms with Crippen LogP contribution in [0.2, 0.25) is 0 Å². The zero-order chi connectivity index (χ0) is 17.4. The maximum atomic E-state index is 12.1. The average Bonchev–Trinajstić information content (AvgIpc) is 2.59. The van der Waals surface area contributed by atoms with Crippen molar-refractivity contribution in [1.29, 1.82) is 0 Å². The smallest absolute Gasteiger partial charge is 0.323 e. The molecule has 0 saturated carbocycles. The Morgan fingerprint density at radius 2 is 1.38 bits per heavy atom. The van der Waals surface area contributed by atoms with E-state index in [2.05, 4.69) is 29.4 Å². The molecule has 0 spiro atoms. The highest BCUT2D eigenvalue weighted by atomic mass is 16.5. The van der Waals surface area contributed by atoms with E-state index in [1.54, 1.807) is 0 Å². The monoisotopic (exact) mass is 327 g/mol. The van der Waals surface area contributed by atoms with Gasteiger partial charge in [0.25, 0.3) is 0 Å². The Hall–Kier alpha value is -2.69. The SMILES string of the molecule is CCOc1ccc(NC(=O)Nc2ccc(N(CC)CC)cc2)cc1. The Kier molecular flexibility index (Phi) is 6.49. The van der Waals surface area contributed by atoms with Gasteiger partial charge in [0.15, 0.2) is 0 Å². The number of carbonyl (C=O) groups is 1. The Balaban J connectivity index is 1.92.